The molecule has 1 fully saturated rings. The number of carbonyl (C=O) groups excluding carboxylic acids is 1. The molecule has 0 aliphatic carbocycles. The van der Waals surface area contributed by atoms with Crippen molar-refractivity contribution in [2.45, 2.75) is 31.6 Å². The summed E-state index contributed by atoms with van der Waals surface area (Å²) < 4.78 is 25.7. The number of thioether (sulfide) groups is 1. The minimum Gasteiger partial charge on any atom is -0.388 e. The van der Waals surface area contributed by atoms with Crippen LogP contribution in [0.15, 0.2) is 0 Å². The summed E-state index contributed by atoms with van der Waals surface area (Å²) >= 11 is 1.52. The predicted molar refractivity (Wildman–Crippen MR) is 78.0 cm³/mol. The van der Waals surface area contributed by atoms with Gasteiger partial charge in [0.2, 0.25) is 15.9 Å². The summed E-state index contributed by atoms with van der Waals surface area (Å²) in [5.74, 6) is 0.148. The van der Waals surface area contributed by atoms with Gasteiger partial charge in [-0.05, 0) is 25.4 Å². The van der Waals surface area contributed by atoms with Crippen molar-refractivity contribution in [2.75, 3.05) is 30.9 Å². The topological polar surface area (TPSA) is 107 Å². The second-order valence-corrected chi connectivity index (χ2v) is 7.76. The monoisotopic (exact) mass is 326 g/mol. The fraction of sp³-hybridized carbons (Fsp3) is 0.909. The maximum atomic E-state index is 12.3. The van der Waals surface area contributed by atoms with Crippen LogP contribution in [-0.4, -0.2) is 78.5 Å². The highest BCUT2D eigenvalue weighted by Gasteiger charge is 2.36. The summed E-state index contributed by atoms with van der Waals surface area (Å²) in [7, 11) is -3.48. The number of aliphatic hydroxyl groups excluding tert-OH is 2. The molecule has 0 aromatic heterocycles. The van der Waals surface area contributed by atoms with E-state index in [1.807, 2.05) is 6.26 Å². The van der Waals surface area contributed by atoms with Crippen molar-refractivity contribution in [2.24, 2.45) is 0 Å². The molecule has 0 spiro atoms. The smallest absolute Gasteiger partial charge is 0.240 e. The average molecular weight is 326 g/mol. The van der Waals surface area contributed by atoms with Crippen LogP contribution in [0, 0.1) is 0 Å². The van der Waals surface area contributed by atoms with Crippen molar-refractivity contribution in [3.8, 4) is 0 Å². The number of amides is 1. The van der Waals surface area contributed by atoms with Crippen LogP contribution < -0.4 is 4.72 Å². The highest BCUT2D eigenvalue weighted by atomic mass is 32.2. The first-order valence-electron chi connectivity index (χ1n) is 6.44. The van der Waals surface area contributed by atoms with Crippen molar-refractivity contribution < 1.29 is 23.4 Å². The Morgan fingerprint density at radius 3 is 2.40 bits per heavy atom. The Morgan fingerprint density at radius 1 is 1.40 bits per heavy atom. The van der Waals surface area contributed by atoms with Gasteiger partial charge < -0.3 is 15.1 Å². The Kier molecular flexibility index (Phi) is 6.73. The molecule has 0 radical (unpaired) electrons. The fourth-order valence-electron chi connectivity index (χ4n) is 1.94. The van der Waals surface area contributed by atoms with Gasteiger partial charge >= 0.3 is 0 Å². The summed E-state index contributed by atoms with van der Waals surface area (Å²) in [5, 5.41) is 18.9. The molecule has 3 unspecified atom stereocenters. The first-order chi connectivity index (χ1) is 9.30. The third-order valence-electron chi connectivity index (χ3n) is 3.18. The molecule has 3 atom stereocenters. The van der Waals surface area contributed by atoms with Crippen LogP contribution in [0.2, 0.25) is 0 Å². The number of carbonyl (C=O) groups is 1. The molecule has 20 heavy (non-hydrogen) atoms. The van der Waals surface area contributed by atoms with Crippen molar-refractivity contribution in [3.05, 3.63) is 0 Å². The predicted octanol–water partition coefficient (Wildman–Crippen LogP) is -1.39. The Labute approximate surface area is 123 Å². The summed E-state index contributed by atoms with van der Waals surface area (Å²) in [5.41, 5.74) is 0. The molecule has 1 heterocycles. The lowest BCUT2D eigenvalue weighted by molar-refractivity contribution is -0.132. The molecular formula is C11H22N2O5S2. The van der Waals surface area contributed by atoms with Crippen LogP contribution in [0.25, 0.3) is 0 Å². The molecule has 118 valence electrons. The quantitative estimate of drug-likeness (QED) is 0.532. The zero-order chi connectivity index (χ0) is 15.3. The maximum Gasteiger partial charge on any atom is 0.240 e. The highest BCUT2D eigenvalue weighted by molar-refractivity contribution is 7.98. The zero-order valence-corrected chi connectivity index (χ0v) is 13.3. The van der Waals surface area contributed by atoms with Gasteiger partial charge in [0.05, 0.1) is 18.0 Å². The first kappa shape index (κ1) is 17.7. The van der Waals surface area contributed by atoms with Gasteiger partial charge in [-0.3, -0.25) is 4.79 Å². The second-order valence-electron chi connectivity index (χ2n) is 4.73. The summed E-state index contributed by atoms with van der Waals surface area (Å²) in [6.45, 7) is 1.56. The summed E-state index contributed by atoms with van der Waals surface area (Å²) in [6, 6.07) is -0.843. The lowest BCUT2D eigenvalue weighted by atomic mass is 10.2. The molecule has 3 N–H and O–H groups in total. The molecule has 1 aliphatic heterocycles. The van der Waals surface area contributed by atoms with E-state index in [9.17, 15) is 23.4 Å². The Balaban J connectivity index is 2.74. The van der Waals surface area contributed by atoms with E-state index >= 15 is 0 Å². The van der Waals surface area contributed by atoms with Gasteiger partial charge in [-0.15, -0.1) is 0 Å². The molecule has 1 amide bonds. The third-order valence-corrected chi connectivity index (χ3v) is 5.23. The maximum absolute atomic E-state index is 12.3. The molecule has 1 rings (SSSR count). The number of aliphatic hydroxyl groups is 2. The molecule has 1 aliphatic rings. The molecular weight excluding hydrogens is 304 g/mol. The van der Waals surface area contributed by atoms with Crippen LogP contribution in [0.1, 0.15) is 13.3 Å². The Bertz CT molecular complexity index is 419. The van der Waals surface area contributed by atoms with Crippen LogP contribution in [0.4, 0.5) is 0 Å². The minimum absolute atomic E-state index is 0.0314. The van der Waals surface area contributed by atoms with E-state index in [4.69, 9.17) is 0 Å². The molecule has 1 saturated heterocycles. The van der Waals surface area contributed by atoms with Crippen molar-refractivity contribution in [3.63, 3.8) is 0 Å². The van der Waals surface area contributed by atoms with Gasteiger partial charge in [-0.2, -0.15) is 11.8 Å². The van der Waals surface area contributed by atoms with E-state index in [1.165, 1.54) is 23.6 Å². The molecule has 0 bridgehead atoms. The number of sulfonamides is 1. The van der Waals surface area contributed by atoms with Gasteiger partial charge in [0.25, 0.3) is 0 Å². The number of nitrogens with zero attached hydrogens (tertiary/aromatic N) is 1. The molecule has 0 saturated carbocycles. The third kappa shape index (κ3) is 4.88. The largest absolute Gasteiger partial charge is 0.388 e. The number of hydrogen-bond acceptors (Lipinski definition) is 6. The summed E-state index contributed by atoms with van der Waals surface area (Å²) in [4.78, 5) is 13.6. The van der Waals surface area contributed by atoms with Crippen molar-refractivity contribution >= 4 is 27.7 Å². The number of nitrogens with one attached hydrogen (secondary N) is 1. The molecule has 7 nitrogen and oxygen atoms in total. The lowest BCUT2D eigenvalue weighted by Crippen LogP contribution is -2.48. The number of β-amino-alcohol motifs (C(OH)–C–C–N with tert-alkyl or cyclic N) is 2. The van der Waals surface area contributed by atoms with Gasteiger partial charge in [0.1, 0.15) is 6.04 Å². The highest BCUT2D eigenvalue weighted by Crippen LogP contribution is 2.14. The van der Waals surface area contributed by atoms with Crippen molar-refractivity contribution in [1.82, 2.24) is 9.62 Å². The van der Waals surface area contributed by atoms with Crippen LogP contribution in [0.5, 0.6) is 0 Å². The SMILES string of the molecule is CCS(=O)(=O)NC(CCSC)C(=O)N1CC(O)C(O)C1. The van der Waals surface area contributed by atoms with E-state index < -0.39 is 34.2 Å². The Morgan fingerprint density at radius 2 is 1.95 bits per heavy atom. The number of likely N-dealkylation sites (tertiary alicyclic amines) is 1. The van der Waals surface area contributed by atoms with E-state index in [0.29, 0.717) is 12.2 Å². The average Bonchev–Trinajstić information content (AvgIpc) is 2.73. The normalized spacial score (nSPS) is 24.9. The van der Waals surface area contributed by atoms with E-state index in [-0.39, 0.29) is 18.8 Å². The van der Waals surface area contributed by atoms with E-state index in [1.54, 1.807) is 0 Å². The number of rotatable bonds is 7. The minimum atomic E-state index is -3.48. The van der Waals surface area contributed by atoms with E-state index in [0.717, 1.165) is 0 Å². The second kappa shape index (κ2) is 7.60. The zero-order valence-electron chi connectivity index (χ0n) is 11.7. The van der Waals surface area contributed by atoms with Crippen molar-refractivity contribution in [1.29, 1.82) is 0 Å². The lowest BCUT2D eigenvalue weighted by Gasteiger charge is -2.23. The first-order valence-corrected chi connectivity index (χ1v) is 9.49. The van der Waals surface area contributed by atoms with Gasteiger partial charge in [0.15, 0.2) is 0 Å². The fourth-order valence-corrected chi connectivity index (χ4v) is 3.23. The van der Waals surface area contributed by atoms with E-state index in [2.05, 4.69) is 4.72 Å². The van der Waals surface area contributed by atoms with Crippen LogP contribution in [0.3, 0.4) is 0 Å². The van der Waals surface area contributed by atoms with Gasteiger partial charge in [-0.25, -0.2) is 13.1 Å². The van der Waals surface area contributed by atoms with Gasteiger partial charge in [0, 0.05) is 13.1 Å². The molecule has 9 heteroatoms. The molecule has 0 aromatic carbocycles. The molecule has 0 aromatic rings. The van der Waals surface area contributed by atoms with Crippen LogP contribution >= 0.6 is 11.8 Å². The van der Waals surface area contributed by atoms with Crippen LogP contribution in [-0.2, 0) is 14.8 Å². The number of hydrogen-bond donors (Lipinski definition) is 3. The van der Waals surface area contributed by atoms with Gasteiger partial charge in [-0.1, -0.05) is 0 Å². The standard InChI is InChI=1S/C11H22N2O5S2/c1-3-20(17,18)12-8(4-5-19-2)11(16)13-6-9(14)10(15)7-13/h8-10,12,14-15H,3-7H2,1-2H3. The summed E-state index contributed by atoms with van der Waals surface area (Å²) in [6.07, 6.45) is 0.312. The Hall–Kier alpha value is -0.350.